The fourth-order valence-electron chi connectivity index (χ4n) is 3.07. The first-order valence-corrected chi connectivity index (χ1v) is 9.49. The van der Waals surface area contributed by atoms with Gasteiger partial charge in [0.15, 0.2) is 17.5 Å². The van der Waals surface area contributed by atoms with Crippen LogP contribution in [0.15, 0.2) is 73.4 Å². The lowest BCUT2D eigenvalue weighted by molar-refractivity contribution is 0.0706. The van der Waals surface area contributed by atoms with Crippen molar-refractivity contribution in [3.8, 4) is 11.1 Å². The minimum absolute atomic E-state index is 0.164. The van der Waals surface area contributed by atoms with Crippen LogP contribution in [-0.2, 0) is 6.54 Å². The van der Waals surface area contributed by atoms with Gasteiger partial charge >= 0.3 is 0 Å². The van der Waals surface area contributed by atoms with Gasteiger partial charge in [0.2, 0.25) is 0 Å². The Morgan fingerprint density at radius 3 is 2.44 bits per heavy atom. The van der Waals surface area contributed by atoms with Crippen molar-refractivity contribution in [3.63, 3.8) is 0 Å². The van der Waals surface area contributed by atoms with Gasteiger partial charge in [0.05, 0.1) is 12.7 Å². The van der Waals surface area contributed by atoms with E-state index in [1.165, 1.54) is 12.3 Å². The van der Waals surface area contributed by atoms with Crippen LogP contribution >= 0.6 is 0 Å². The van der Waals surface area contributed by atoms with Gasteiger partial charge in [-0.3, -0.25) is 15.0 Å². The van der Waals surface area contributed by atoms with Crippen molar-refractivity contribution in [1.29, 1.82) is 0 Å². The Hall–Kier alpha value is -4.44. The summed E-state index contributed by atoms with van der Waals surface area (Å²) in [5, 5.41) is 8.79. The third-order valence-corrected chi connectivity index (χ3v) is 4.71. The zero-order valence-corrected chi connectivity index (χ0v) is 16.7. The number of hydrogen-bond acceptors (Lipinski definition) is 8. The number of nitrogens with one attached hydrogen (secondary N) is 1. The normalized spacial score (nSPS) is 10.6. The molecule has 4 rings (SSSR count). The first-order valence-electron chi connectivity index (χ1n) is 9.49. The number of hydrogen-bond donors (Lipinski definition) is 3. The van der Waals surface area contributed by atoms with Crippen molar-refractivity contribution in [2.75, 3.05) is 10.6 Å². The highest BCUT2D eigenvalue weighted by molar-refractivity contribution is 5.93. The molecule has 0 aliphatic carbocycles. The number of rotatable bonds is 6. The SMILES string of the molecule is Nc1ncc(-c2ccnc(N(Cc3ccc(C(=O)NO)cc3)c3cnccn3)c2)cc1F. The molecule has 4 aromatic rings. The number of nitrogens with zero attached hydrogens (tertiary/aromatic N) is 5. The van der Waals surface area contributed by atoms with Gasteiger partial charge < -0.3 is 10.6 Å². The van der Waals surface area contributed by atoms with Crippen LogP contribution in [-0.4, -0.2) is 31.1 Å². The molecule has 0 spiro atoms. The molecular weight excluding hydrogens is 413 g/mol. The predicted octanol–water partition coefficient (Wildman–Crippen LogP) is 3.11. The molecule has 9 nitrogen and oxygen atoms in total. The average molecular weight is 431 g/mol. The summed E-state index contributed by atoms with van der Waals surface area (Å²) < 4.78 is 13.9. The molecule has 3 aromatic heterocycles. The number of pyridine rings is 2. The maximum atomic E-state index is 13.9. The highest BCUT2D eigenvalue weighted by Gasteiger charge is 2.15. The Morgan fingerprint density at radius 1 is 0.969 bits per heavy atom. The van der Waals surface area contributed by atoms with E-state index in [4.69, 9.17) is 10.9 Å². The van der Waals surface area contributed by atoms with Crippen LogP contribution in [0.1, 0.15) is 15.9 Å². The molecular formula is C22H18FN7O2. The Bertz CT molecular complexity index is 1240. The topological polar surface area (TPSA) is 130 Å². The molecule has 0 aliphatic rings. The molecule has 10 heteroatoms. The van der Waals surface area contributed by atoms with Gasteiger partial charge in [0, 0.05) is 35.9 Å². The van der Waals surface area contributed by atoms with E-state index in [9.17, 15) is 9.18 Å². The number of carbonyl (C=O) groups is 1. The molecule has 0 atom stereocenters. The molecule has 1 amide bonds. The van der Waals surface area contributed by atoms with E-state index in [-0.39, 0.29) is 5.82 Å². The fraction of sp³-hybridized carbons (Fsp3) is 0.0455. The Morgan fingerprint density at radius 2 is 1.75 bits per heavy atom. The van der Waals surface area contributed by atoms with Crippen LogP contribution in [0.5, 0.6) is 0 Å². The number of benzene rings is 1. The van der Waals surface area contributed by atoms with Crippen LogP contribution in [0, 0.1) is 5.82 Å². The van der Waals surface area contributed by atoms with Crippen molar-refractivity contribution >= 4 is 23.4 Å². The zero-order chi connectivity index (χ0) is 22.5. The van der Waals surface area contributed by atoms with Crippen LogP contribution in [0.4, 0.5) is 21.8 Å². The number of nitrogens with two attached hydrogens (primary N) is 1. The summed E-state index contributed by atoms with van der Waals surface area (Å²) in [6.45, 7) is 0.366. The minimum Gasteiger partial charge on any atom is -0.381 e. The Labute approximate surface area is 182 Å². The summed E-state index contributed by atoms with van der Waals surface area (Å²) in [5.41, 5.74) is 9.52. The first-order chi connectivity index (χ1) is 15.5. The van der Waals surface area contributed by atoms with Crippen molar-refractivity contribution in [1.82, 2.24) is 25.4 Å². The highest BCUT2D eigenvalue weighted by Crippen LogP contribution is 2.28. The van der Waals surface area contributed by atoms with Crippen LogP contribution in [0.3, 0.4) is 0 Å². The van der Waals surface area contributed by atoms with Crippen LogP contribution in [0.2, 0.25) is 0 Å². The number of nitrogen functional groups attached to an aromatic ring is 1. The van der Waals surface area contributed by atoms with Crippen molar-refractivity contribution in [3.05, 3.63) is 90.4 Å². The largest absolute Gasteiger partial charge is 0.381 e. The molecule has 0 bridgehead atoms. The quantitative estimate of drug-likeness (QED) is 0.314. The number of anilines is 3. The molecule has 0 aliphatic heterocycles. The van der Waals surface area contributed by atoms with Gasteiger partial charge in [-0.1, -0.05) is 12.1 Å². The van der Waals surface area contributed by atoms with E-state index in [0.29, 0.717) is 34.9 Å². The van der Waals surface area contributed by atoms with Gasteiger partial charge in [-0.2, -0.15) is 0 Å². The van der Waals surface area contributed by atoms with E-state index < -0.39 is 11.7 Å². The molecule has 0 saturated heterocycles. The Balaban J connectivity index is 1.70. The monoisotopic (exact) mass is 431 g/mol. The molecule has 160 valence electrons. The number of amides is 1. The van der Waals surface area contributed by atoms with Crippen LogP contribution in [0.25, 0.3) is 11.1 Å². The summed E-state index contributed by atoms with van der Waals surface area (Å²) in [6, 6.07) is 11.6. The Kier molecular flexibility index (Phi) is 5.95. The van der Waals surface area contributed by atoms with Crippen molar-refractivity contribution in [2.24, 2.45) is 0 Å². The second-order valence-electron chi connectivity index (χ2n) is 6.78. The summed E-state index contributed by atoms with van der Waals surface area (Å²) in [4.78, 5) is 30.3. The third-order valence-electron chi connectivity index (χ3n) is 4.71. The van der Waals surface area contributed by atoms with Gasteiger partial charge in [0.1, 0.15) is 5.82 Å². The summed E-state index contributed by atoms with van der Waals surface area (Å²) in [7, 11) is 0. The van der Waals surface area contributed by atoms with Crippen molar-refractivity contribution < 1.29 is 14.4 Å². The lowest BCUT2D eigenvalue weighted by atomic mass is 10.1. The molecule has 0 fully saturated rings. The molecule has 3 heterocycles. The molecule has 0 saturated carbocycles. The molecule has 0 radical (unpaired) electrons. The second-order valence-corrected chi connectivity index (χ2v) is 6.78. The van der Waals surface area contributed by atoms with Gasteiger partial charge in [0.25, 0.3) is 5.91 Å². The van der Waals surface area contributed by atoms with E-state index in [1.807, 2.05) is 4.90 Å². The highest BCUT2D eigenvalue weighted by atomic mass is 19.1. The molecule has 4 N–H and O–H groups in total. The van der Waals surface area contributed by atoms with Gasteiger partial charge in [-0.05, 0) is 41.5 Å². The molecule has 32 heavy (non-hydrogen) atoms. The molecule has 1 aromatic carbocycles. The van der Waals surface area contributed by atoms with E-state index >= 15 is 0 Å². The van der Waals surface area contributed by atoms with E-state index in [2.05, 4.69) is 19.9 Å². The summed E-state index contributed by atoms with van der Waals surface area (Å²) in [5.74, 6) is -0.254. The number of carbonyl (C=O) groups excluding carboxylic acids is 1. The van der Waals surface area contributed by atoms with E-state index in [0.717, 1.165) is 5.56 Å². The summed E-state index contributed by atoms with van der Waals surface area (Å²) in [6.07, 6.45) is 7.84. The number of aromatic nitrogens is 4. The lowest BCUT2D eigenvalue weighted by Crippen LogP contribution is -2.20. The third kappa shape index (κ3) is 4.50. The maximum absolute atomic E-state index is 13.9. The van der Waals surface area contributed by atoms with E-state index in [1.54, 1.807) is 66.7 Å². The number of hydroxylamine groups is 1. The fourth-order valence-corrected chi connectivity index (χ4v) is 3.07. The maximum Gasteiger partial charge on any atom is 0.274 e. The second kappa shape index (κ2) is 9.14. The minimum atomic E-state index is -0.598. The van der Waals surface area contributed by atoms with Gasteiger partial charge in [-0.25, -0.2) is 24.8 Å². The van der Waals surface area contributed by atoms with Crippen molar-refractivity contribution in [2.45, 2.75) is 6.54 Å². The van der Waals surface area contributed by atoms with Crippen LogP contribution < -0.4 is 16.1 Å². The first kappa shape index (κ1) is 20.8. The zero-order valence-electron chi connectivity index (χ0n) is 16.7. The average Bonchev–Trinajstić information content (AvgIpc) is 2.84. The summed E-state index contributed by atoms with van der Waals surface area (Å²) >= 11 is 0. The lowest BCUT2D eigenvalue weighted by Gasteiger charge is -2.23. The standard InChI is InChI=1S/C22H18FN7O2/c23-18-9-17(11-28-21(18)24)16-5-6-26-19(10-16)30(20-12-25-7-8-27-20)13-14-1-3-15(4-2-14)22(31)29-32/h1-12,32H,13H2,(H2,24,28)(H,29,31). The van der Waals surface area contributed by atoms with Gasteiger partial charge in [-0.15, -0.1) is 0 Å². The predicted molar refractivity (Wildman–Crippen MR) is 115 cm³/mol. The molecule has 0 unspecified atom stereocenters. The smallest absolute Gasteiger partial charge is 0.274 e. The number of halogens is 1.